The van der Waals surface area contributed by atoms with Crippen LogP contribution in [-0.2, 0) is 32.0 Å². The van der Waals surface area contributed by atoms with E-state index in [0.29, 0.717) is 0 Å². The summed E-state index contributed by atoms with van der Waals surface area (Å²) >= 11 is 0. The molecule has 0 saturated carbocycles. The number of amides is 3. The molecule has 2 aromatic carbocycles. The van der Waals surface area contributed by atoms with Crippen molar-refractivity contribution in [2.45, 2.75) is 57.0 Å². The number of hydrogen-bond donors (Lipinski definition) is 7. The number of H-pyrrole nitrogens is 1. The lowest BCUT2D eigenvalue weighted by atomic mass is 10.0. The molecule has 0 radical (unpaired) electrons. The number of aliphatic carboxylic acids is 1. The highest BCUT2D eigenvalue weighted by Crippen LogP contribution is 2.19. The van der Waals surface area contributed by atoms with Gasteiger partial charge >= 0.3 is 5.97 Å². The molecule has 8 N–H and O–H groups in total. The average molecular weight is 524 g/mol. The summed E-state index contributed by atoms with van der Waals surface area (Å²) in [5, 5.41) is 27.8. The number of rotatable bonds is 12. The molecule has 0 aliphatic carbocycles. The zero-order chi connectivity index (χ0) is 27.8. The lowest BCUT2D eigenvalue weighted by Crippen LogP contribution is -2.58. The summed E-state index contributed by atoms with van der Waals surface area (Å²) in [5.41, 5.74) is 7.93. The van der Waals surface area contributed by atoms with Crippen molar-refractivity contribution in [2.24, 2.45) is 5.73 Å². The monoisotopic (exact) mass is 523 g/mol. The van der Waals surface area contributed by atoms with Crippen LogP contribution in [0.15, 0.2) is 60.8 Å². The lowest BCUT2D eigenvalue weighted by Gasteiger charge is -2.24. The van der Waals surface area contributed by atoms with Crippen molar-refractivity contribution in [3.63, 3.8) is 0 Å². The Morgan fingerprint density at radius 3 is 2.13 bits per heavy atom. The number of carboxylic acid groups (broad SMARTS) is 1. The number of aromatic amines is 1. The topological polar surface area (TPSA) is 187 Å². The van der Waals surface area contributed by atoms with Gasteiger partial charge in [-0.3, -0.25) is 14.4 Å². The van der Waals surface area contributed by atoms with E-state index in [4.69, 9.17) is 5.73 Å². The van der Waals surface area contributed by atoms with Gasteiger partial charge in [0, 0.05) is 29.9 Å². The van der Waals surface area contributed by atoms with Crippen LogP contribution in [-0.4, -0.2) is 69.2 Å². The van der Waals surface area contributed by atoms with Gasteiger partial charge < -0.3 is 36.9 Å². The molecule has 0 spiro atoms. The Hall–Kier alpha value is -4.22. The van der Waals surface area contributed by atoms with E-state index in [2.05, 4.69) is 20.9 Å². The zero-order valence-electron chi connectivity index (χ0n) is 21.2. The molecular weight excluding hydrogens is 490 g/mol. The van der Waals surface area contributed by atoms with Crippen LogP contribution in [0.4, 0.5) is 0 Å². The van der Waals surface area contributed by atoms with Gasteiger partial charge in [-0.15, -0.1) is 0 Å². The fourth-order valence-corrected chi connectivity index (χ4v) is 3.94. The molecule has 1 aromatic heterocycles. The molecule has 1 heterocycles. The van der Waals surface area contributed by atoms with E-state index in [-0.39, 0.29) is 12.8 Å². The summed E-state index contributed by atoms with van der Waals surface area (Å²) in [6, 6.07) is 11.7. The van der Waals surface area contributed by atoms with Gasteiger partial charge in [0.25, 0.3) is 0 Å². The van der Waals surface area contributed by atoms with Crippen LogP contribution in [0.25, 0.3) is 10.9 Å². The summed E-state index contributed by atoms with van der Waals surface area (Å²) in [7, 11) is 0. The van der Waals surface area contributed by atoms with Gasteiger partial charge in [-0.1, -0.05) is 48.5 Å². The van der Waals surface area contributed by atoms with E-state index in [1.54, 1.807) is 30.5 Å². The van der Waals surface area contributed by atoms with Crippen molar-refractivity contribution in [3.05, 3.63) is 71.9 Å². The molecule has 38 heavy (non-hydrogen) atoms. The molecule has 0 saturated heterocycles. The molecule has 11 nitrogen and oxygen atoms in total. The van der Waals surface area contributed by atoms with Crippen LogP contribution in [0.1, 0.15) is 25.0 Å². The van der Waals surface area contributed by atoms with E-state index >= 15 is 0 Å². The first kappa shape index (κ1) is 28.4. The number of hydrogen-bond acceptors (Lipinski definition) is 6. The van der Waals surface area contributed by atoms with E-state index in [9.17, 15) is 29.4 Å². The fraction of sp³-hybridized carbons (Fsp3) is 0.333. The minimum absolute atomic E-state index is 0.0286. The molecule has 0 fully saturated rings. The first-order valence-corrected chi connectivity index (χ1v) is 12.2. The molecule has 3 rings (SSSR count). The number of nitrogens with two attached hydrogens (primary N) is 1. The predicted octanol–water partition coefficient (Wildman–Crippen LogP) is 0.220. The molecule has 3 aromatic rings. The smallest absolute Gasteiger partial charge is 0.326 e. The van der Waals surface area contributed by atoms with E-state index < -0.39 is 54.0 Å². The first-order chi connectivity index (χ1) is 18.1. The van der Waals surface area contributed by atoms with Crippen molar-refractivity contribution in [3.8, 4) is 0 Å². The van der Waals surface area contributed by atoms with E-state index in [1.165, 1.54) is 13.8 Å². The van der Waals surface area contributed by atoms with Gasteiger partial charge in [-0.25, -0.2) is 4.79 Å². The number of carboxylic acids is 1. The van der Waals surface area contributed by atoms with Crippen LogP contribution in [0.5, 0.6) is 0 Å². The second kappa shape index (κ2) is 12.8. The zero-order valence-corrected chi connectivity index (χ0v) is 21.2. The predicted molar refractivity (Wildman–Crippen MR) is 141 cm³/mol. The third-order valence-electron chi connectivity index (χ3n) is 6.20. The second-order valence-electron chi connectivity index (χ2n) is 9.21. The highest BCUT2D eigenvalue weighted by molar-refractivity contribution is 5.94. The second-order valence-corrected chi connectivity index (χ2v) is 9.21. The van der Waals surface area contributed by atoms with Crippen molar-refractivity contribution < 1.29 is 29.4 Å². The number of carbonyl (C=O) groups is 4. The number of aliphatic hydroxyl groups is 1. The molecule has 5 unspecified atom stereocenters. The molecule has 0 aliphatic heterocycles. The Morgan fingerprint density at radius 2 is 1.47 bits per heavy atom. The Labute approximate surface area is 219 Å². The van der Waals surface area contributed by atoms with Crippen LogP contribution >= 0.6 is 0 Å². The van der Waals surface area contributed by atoms with Crippen molar-refractivity contribution in [1.29, 1.82) is 0 Å². The SMILES string of the molecule is CC(NC(=O)C(N)C(C)O)C(=O)NC(Cc1ccccc1)C(=O)NC(Cc1c[nH]c2ccccc12)C(=O)O. The van der Waals surface area contributed by atoms with Crippen molar-refractivity contribution in [1.82, 2.24) is 20.9 Å². The third kappa shape index (κ3) is 7.40. The van der Waals surface area contributed by atoms with Crippen molar-refractivity contribution >= 4 is 34.6 Å². The maximum atomic E-state index is 13.3. The van der Waals surface area contributed by atoms with Crippen LogP contribution < -0.4 is 21.7 Å². The van der Waals surface area contributed by atoms with Crippen LogP contribution in [0.3, 0.4) is 0 Å². The quantitative estimate of drug-likeness (QED) is 0.177. The average Bonchev–Trinajstić information content (AvgIpc) is 3.30. The molecule has 3 amide bonds. The molecule has 202 valence electrons. The van der Waals surface area contributed by atoms with E-state index in [1.807, 2.05) is 30.3 Å². The Kier molecular flexibility index (Phi) is 9.58. The standard InChI is InChI=1S/C27H33N5O6/c1-15(30-26(36)23(28)16(2)33)24(34)31-21(12-17-8-4-3-5-9-17)25(35)32-22(27(37)38)13-18-14-29-20-11-7-6-10-19(18)20/h3-11,14-16,21-23,29,33H,12-13,28H2,1-2H3,(H,30,36)(H,31,34)(H,32,35)(H,37,38). The van der Waals surface area contributed by atoms with Gasteiger partial charge in [-0.05, 0) is 31.0 Å². The largest absolute Gasteiger partial charge is 0.480 e. The summed E-state index contributed by atoms with van der Waals surface area (Å²) in [5.74, 6) is -3.30. The number of para-hydroxylation sites is 1. The lowest BCUT2D eigenvalue weighted by molar-refractivity contribution is -0.142. The van der Waals surface area contributed by atoms with Gasteiger partial charge in [0.05, 0.1) is 6.10 Å². The third-order valence-corrected chi connectivity index (χ3v) is 6.20. The van der Waals surface area contributed by atoms with Gasteiger partial charge in [0.15, 0.2) is 0 Å². The Morgan fingerprint density at radius 1 is 0.842 bits per heavy atom. The maximum Gasteiger partial charge on any atom is 0.326 e. The summed E-state index contributed by atoms with van der Waals surface area (Å²) < 4.78 is 0. The van der Waals surface area contributed by atoms with Gasteiger partial charge in [0.1, 0.15) is 24.2 Å². The number of nitrogens with one attached hydrogen (secondary N) is 4. The number of aliphatic hydroxyl groups excluding tert-OH is 1. The summed E-state index contributed by atoms with van der Waals surface area (Å²) in [6.45, 7) is 2.76. The summed E-state index contributed by atoms with van der Waals surface area (Å²) in [4.78, 5) is 53.5. The van der Waals surface area contributed by atoms with Crippen LogP contribution in [0, 0.1) is 0 Å². The molecule has 0 aliphatic rings. The summed E-state index contributed by atoms with van der Waals surface area (Å²) in [6.07, 6.45) is 0.706. The number of carbonyl (C=O) groups excluding carboxylic acids is 3. The number of benzene rings is 2. The van der Waals surface area contributed by atoms with Gasteiger partial charge in [0.2, 0.25) is 17.7 Å². The van der Waals surface area contributed by atoms with Crippen LogP contribution in [0.2, 0.25) is 0 Å². The minimum Gasteiger partial charge on any atom is -0.480 e. The molecule has 11 heteroatoms. The molecular formula is C27H33N5O6. The number of fused-ring (bicyclic) bond motifs is 1. The van der Waals surface area contributed by atoms with Gasteiger partial charge in [-0.2, -0.15) is 0 Å². The molecule has 0 bridgehead atoms. The first-order valence-electron chi connectivity index (χ1n) is 12.2. The number of aromatic nitrogens is 1. The Bertz CT molecular complexity index is 1280. The molecule has 5 atom stereocenters. The maximum absolute atomic E-state index is 13.3. The Balaban J connectivity index is 1.75. The highest BCUT2D eigenvalue weighted by Gasteiger charge is 2.30. The highest BCUT2D eigenvalue weighted by atomic mass is 16.4. The van der Waals surface area contributed by atoms with E-state index in [0.717, 1.165) is 22.0 Å². The normalized spacial score (nSPS) is 15.1. The van der Waals surface area contributed by atoms with Crippen molar-refractivity contribution in [2.75, 3.05) is 0 Å². The fourth-order valence-electron chi connectivity index (χ4n) is 3.94. The minimum atomic E-state index is -1.25.